The normalized spacial score (nSPS) is 11.2. The summed E-state index contributed by atoms with van der Waals surface area (Å²) < 4.78 is 6.08. The van der Waals surface area contributed by atoms with Crippen LogP contribution < -0.4 is 4.90 Å². The van der Waals surface area contributed by atoms with Crippen molar-refractivity contribution in [2.45, 2.75) is 0 Å². The lowest BCUT2D eigenvalue weighted by Crippen LogP contribution is -2.09. The van der Waals surface area contributed by atoms with Crippen molar-refractivity contribution in [2.24, 2.45) is 0 Å². The Balaban J connectivity index is 1.08. The van der Waals surface area contributed by atoms with Crippen molar-refractivity contribution in [3.8, 4) is 44.5 Å². The van der Waals surface area contributed by atoms with Gasteiger partial charge in [-0.05, 0) is 105 Å². The summed E-state index contributed by atoms with van der Waals surface area (Å²) in [5.74, 6) is 0. The molecule has 0 aliphatic carbocycles. The molecule has 0 radical (unpaired) electrons. The molecule has 0 saturated heterocycles. The lowest BCUT2D eigenvalue weighted by Gasteiger charge is -2.26. The summed E-state index contributed by atoms with van der Waals surface area (Å²) >= 11 is 0. The maximum absolute atomic E-state index is 6.08. The quantitative estimate of drug-likeness (QED) is 0.173. The van der Waals surface area contributed by atoms with E-state index in [4.69, 9.17) is 4.42 Å². The maximum Gasteiger partial charge on any atom is 0.135 e. The van der Waals surface area contributed by atoms with Gasteiger partial charge in [0.2, 0.25) is 0 Å². The first-order valence-electron chi connectivity index (χ1n) is 17.0. The maximum atomic E-state index is 6.08. The number of benzene rings is 8. The molecule has 0 aliphatic heterocycles. The molecule has 0 amide bonds. The fourth-order valence-corrected chi connectivity index (χ4v) is 6.90. The standard InChI is InChI=1S/C48H33NO/c1-3-10-34(11-4-1)36-18-25-42(26-19-36)49(43-27-20-37(21-28-43)40-15-9-14-39(32-40)35-12-5-2-6-13-35)44-29-22-38(23-30-44)41-24-31-48-46(33-41)45-16-7-8-17-47(45)50-48/h1-33H. The van der Waals surface area contributed by atoms with Gasteiger partial charge in [-0.25, -0.2) is 0 Å². The third-order valence-electron chi connectivity index (χ3n) is 9.50. The summed E-state index contributed by atoms with van der Waals surface area (Å²) in [7, 11) is 0. The number of anilines is 3. The van der Waals surface area contributed by atoms with Crippen LogP contribution in [0.1, 0.15) is 0 Å². The molecule has 2 heteroatoms. The first-order chi connectivity index (χ1) is 24.8. The molecule has 0 fully saturated rings. The Hall–Kier alpha value is -6.64. The highest BCUT2D eigenvalue weighted by Crippen LogP contribution is 2.39. The topological polar surface area (TPSA) is 16.4 Å². The monoisotopic (exact) mass is 639 g/mol. The van der Waals surface area contributed by atoms with Gasteiger partial charge < -0.3 is 9.32 Å². The van der Waals surface area contributed by atoms with E-state index >= 15 is 0 Å². The minimum atomic E-state index is 0.909. The molecule has 0 N–H and O–H groups in total. The van der Waals surface area contributed by atoms with Gasteiger partial charge in [0.25, 0.3) is 0 Å². The Kier molecular flexibility index (Phi) is 7.53. The van der Waals surface area contributed by atoms with Crippen LogP contribution in [0, 0.1) is 0 Å². The summed E-state index contributed by atoms with van der Waals surface area (Å²) in [5.41, 5.74) is 14.7. The number of nitrogens with zero attached hydrogens (tertiary/aromatic N) is 1. The summed E-state index contributed by atoms with van der Waals surface area (Å²) in [5, 5.41) is 2.28. The molecular weight excluding hydrogens is 607 g/mol. The predicted octanol–water partition coefficient (Wildman–Crippen LogP) is 13.7. The minimum Gasteiger partial charge on any atom is -0.456 e. The molecule has 1 aromatic heterocycles. The average Bonchev–Trinajstić information content (AvgIpc) is 3.58. The molecule has 236 valence electrons. The van der Waals surface area contributed by atoms with Crippen LogP contribution in [0.2, 0.25) is 0 Å². The highest BCUT2D eigenvalue weighted by Gasteiger charge is 2.15. The van der Waals surface area contributed by atoms with Gasteiger partial charge in [-0.1, -0.05) is 140 Å². The van der Waals surface area contributed by atoms with Crippen molar-refractivity contribution < 1.29 is 4.42 Å². The SMILES string of the molecule is c1ccc(-c2ccc(N(c3ccc(-c4cccc(-c5ccccc5)c4)cc3)c3ccc(-c4ccc5oc6ccccc6c5c4)cc3)cc2)cc1. The second kappa shape index (κ2) is 12.8. The smallest absolute Gasteiger partial charge is 0.135 e. The molecular formula is C48H33NO. The second-order valence-corrected chi connectivity index (χ2v) is 12.6. The molecule has 0 bridgehead atoms. The summed E-state index contributed by atoms with van der Waals surface area (Å²) in [4.78, 5) is 2.33. The van der Waals surface area contributed by atoms with Crippen molar-refractivity contribution in [3.05, 3.63) is 200 Å². The van der Waals surface area contributed by atoms with Crippen molar-refractivity contribution in [3.63, 3.8) is 0 Å². The van der Waals surface area contributed by atoms with E-state index in [0.717, 1.165) is 50.1 Å². The van der Waals surface area contributed by atoms with Gasteiger partial charge in [-0.2, -0.15) is 0 Å². The number of para-hydroxylation sites is 1. The van der Waals surface area contributed by atoms with Crippen molar-refractivity contribution in [2.75, 3.05) is 4.90 Å². The van der Waals surface area contributed by atoms with Gasteiger partial charge in [0.1, 0.15) is 11.2 Å². The van der Waals surface area contributed by atoms with E-state index in [9.17, 15) is 0 Å². The Morgan fingerprint density at radius 2 is 0.640 bits per heavy atom. The molecule has 0 aliphatic rings. The van der Waals surface area contributed by atoms with Gasteiger partial charge in [0.15, 0.2) is 0 Å². The van der Waals surface area contributed by atoms with E-state index in [2.05, 4.69) is 193 Å². The third kappa shape index (κ3) is 5.63. The van der Waals surface area contributed by atoms with Crippen LogP contribution in [0.5, 0.6) is 0 Å². The summed E-state index contributed by atoms with van der Waals surface area (Å²) in [6.45, 7) is 0. The molecule has 9 aromatic rings. The average molecular weight is 640 g/mol. The molecule has 50 heavy (non-hydrogen) atoms. The van der Waals surface area contributed by atoms with E-state index in [1.54, 1.807) is 0 Å². The number of fused-ring (bicyclic) bond motifs is 3. The Morgan fingerprint density at radius 3 is 1.20 bits per heavy atom. The van der Waals surface area contributed by atoms with Crippen LogP contribution in [0.25, 0.3) is 66.4 Å². The van der Waals surface area contributed by atoms with E-state index in [1.807, 2.05) is 12.1 Å². The number of hydrogen-bond acceptors (Lipinski definition) is 2. The Morgan fingerprint density at radius 1 is 0.260 bits per heavy atom. The summed E-state index contributed by atoms with van der Waals surface area (Å²) in [6, 6.07) is 71.2. The fourth-order valence-electron chi connectivity index (χ4n) is 6.90. The molecule has 9 rings (SSSR count). The molecule has 0 spiro atoms. The van der Waals surface area contributed by atoms with Crippen molar-refractivity contribution >= 4 is 39.0 Å². The summed E-state index contributed by atoms with van der Waals surface area (Å²) in [6.07, 6.45) is 0. The van der Waals surface area contributed by atoms with Gasteiger partial charge in [-0.15, -0.1) is 0 Å². The number of rotatable bonds is 7. The molecule has 8 aromatic carbocycles. The van der Waals surface area contributed by atoms with Crippen LogP contribution in [-0.2, 0) is 0 Å². The zero-order valence-electron chi connectivity index (χ0n) is 27.4. The van der Waals surface area contributed by atoms with Crippen LogP contribution in [0.4, 0.5) is 17.1 Å². The molecule has 1 heterocycles. The van der Waals surface area contributed by atoms with E-state index in [0.29, 0.717) is 0 Å². The van der Waals surface area contributed by atoms with Gasteiger partial charge >= 0.3 is 0 Å². The van der Waals surface area contributed by atoms with E-state index in [1.165, 1.54) is 33.4 Å². The lowest BCUT2D eigenvalue weighted by atomic mass is 9.98. The molecule has 0 unspecified atom stereocenters. The van der Waals surface area contributed by atoms with Crippen LogP contribution in [-0.4, -0.2) is 0 Å². The van der Waals surface area contributed by atoms with Gasteiger partial charge in [-0.3, -0.25) is 0 Å². The first-order valence-corrected chi connectivity index (χ1v) is 17.0. The largest absolute Gasteiger partial charge is 0.456 e. The van der Waals surface area contributed by atoms with Gasteiger partial charge in [0, 0.05) is 27.8 Å². The van der Waals surface area contributed by atoms with Crippen molar-refractivity contribution in [1.29, 1.82) is 0 Å². The molecule has 0 saturated carbocycles. The molecule has 2 nitrogen and oxygen atoms in total. The number of hydrogen-bond donors (Lipinski definition) is 0. The zero-order valence-corrected chi connectivity index (χ0v) is 27.4. The predicted molar refractivity (Wildman–Crippen MR) is 210 cm³/mol. The molecule has 0 atom stereocenters. The number of furan rings is 1. The van der Waals surface area contributed by atoms with Crippen LogP contribution >= 0.6 is 0 Å². The van der Waals surface area contributed by atoms with Crippen LogP contribution in [0.15, 0.2) is 205 Å². The third-order valence-corrected chi connectivity index (χ3v) is 9.50. The van der Waals surface area contributed by atoms with Gasteiger partial charge in [0.05, 0.1) is 0 Å². The first kappa shape index (κ1) is 29.5. The second-order valence-electron chi connectivity index (χ2n) is 12.6. The lowest BCUT2D eigenvalue weighted by molar-refractivity contribution is 0.669. The zero-order chi connectivity index (χ0) is 33.3. The van der Waals surface area contributed by atoms with E-state index < -0.39 is 0 Å². The van der Waals surface area contributed by atoms with E-state index in [-0.39, 0.29) is 0 Å². The minimum absolute atomic E-state index is 0.909. The highest BCUT2D eigenvalue weighted by atomic mass is 16.3. The highest BCUT2D eigenvalue weighted by molar-refractivity contribution is 6.06. The Bertz CT molecular complexity index is 2550. The van der Waals surface area contributed by atoms with Crippen molar-refractivity contribution in [1.82, 2.24) is 0 Å². The Labute approximate surface area is 292 Å². The fraction of sp³-hybridized carbons (Fsp3) is 0. The van der Waals surface area contributed by atoms with Crippen LogP contribution in [0.3, 0.4) is 0 Å².